The molecule has 3 atom stereocenters. The first kappa shape index (κ1) is 15.1. The van der Waals surface area contributed by atoms with Gasteiger partial charge in [0, 0.05) is 32.2 Å². The molecule has 2 heterocycles. The van der Waals surface area contributed by atoms with E-state index in [1.165, 1.54) is 4.90 Å². The van der Waals surface area contributed by atoms with E-state index >= 15 is 0 Å². The summed E-state index contributed by atoms with van der Waals surface area (Å²) >= 11 is 0. The van der Waals surface area contributed by atoms with Gasteiger partial charge in [-0.2, -0.15) is 0 Å². The molecular formula is C13H22N2O5. The van der Waals surface area contributed by atoms with E-state index in [-0.39, 0.29) is 19.0 Å². The van der Waals surface area contributed by atoms with Crippen molar-refractivity contribution in [2.75, 3.05) is 19.8 Å². The van der Waals surface area contributed by atoms with E-state index in [9.17, 15) is 14.7 Å². The van der Waals surface area contributed by atoms with Crippen molar-refractivity contribution in [2.24, 2.45) is 5.92 Å². The lowest BCUT2D eigenvalue weighted by Crippen LogP contribution is -2.50. The fourth-order valence-electron chi connectivity index (χ4n) is 2.88. The number of amides is 2. The van der Waals surface area contributed by atoms with Gasteiger partial charge in [0.05, 0.1) is 6.10 Å². The third-order valence-corrected chi connectivity index (χ3v) is 4.15. The number of nitrogens with one attached hydrogen (secondary N) is 1. The number of ether oxygens (including phenoxy) is 1. The second kappa shape index (κ2) is 6.41. The van der Waals surface area contributed by atoms with Gasteiger partial charge in [-0.15, -0.1) is 0 Å². The van der Waals surface area contributed by atoms with Gasteiger partial charge in [0.1, 0.15) is 6.04 Å². The topological polar surface area (TPSA) is 99.1 Å². The minimum atomic E-state index is -1.07. The molecule has 2 amide bonds. The molecule has 7 heteroatoms. The van der Waals surface area contributed by atoms with Crippen molar-refractivity contribution in [3.05, 3.63) is 0 Å². The van der Waals surface area contributed by atoms with Crippen LogP contribution in [0, 0.1) is 5.92 Å². The summed E-state index contributed by atoms with van der Waals surface area (Å²) in [6.07, 6.45) is 1.12. The van der Waals surface area contributed by atoms with Gasteiger partial charge in [-0.05, 0) is 25.7 Å². The number of likely N-dealkylation sites (tertiary alicyclic amines) is 1. The number of hydrogen-bond acceptors (Lipinski definition) is 4. The van der Waals surface area contributed by atoms with Gasteiger partial charge in [0.25, 0.3) is 0 Å². The van der Waals surface area contributed by atoms with Crippen LogP contribution in [0.1, 0.15) is 26.2 Å². The predicted octanol–water partition coefficient (Wildman–Crippen LogP) is 0.0309. The van der Waals surface area contributed by atoms with Gasteiger partial charge in [0.15, 0.2) is 0 Å². The molecule has 0 spiro atoms. The Hall–Kier alpha value is -1.34. The predicted molar refractivity (Wildman–Crippen MR) is 70.3 cm³/mol. The average Bonchev–Trinajstić information content (AvgIpc) is 2.82. The molecule has 2 saturated heterocycles. The van der Waals surface area contributed by atoms with Gasteiger partial charge < -0.3 is 25.2 Å². The Balaban J connectivity index is 1.91. The van der Waals surface area contributed by atoms with Crippen LogP contribution in [0.3, 0.4) is 0 Å². The van der Waals surface area contributed by atoms with Crippen molar-refractivity contribution >= 4 is 12.0 Å². The van der Waals surface area contributed by atoms with Crippen molar-refractivity contribution in [3.8, 4) is 0 Å². The Morgan fingerprint density at radius 3 is 2.60 bits per heavy atom. The van der Waals surface area contributed by atoms with E-state index < -0.39 is 24.1 Å². The first-order valence-electron chi connectivity index (χ1n) is 7.04. The average molecular weight is 286 g/mol. The molecule has 3 unspecified atom stereocenters. The molecule has 2 aliphatic heterocycles. The quantitative estimate of drug-likeness (QED) is 0.680. The molecule has 3 N–H and O–H groups in total. The van der Waals surface area contributed by atoms with Crippen LogP contribution >= 0.6 is 0 Å². The maximum atomic E-state index is 12.2. The summed E-state index contributed by atoms with van der Waals surface area (Å²) in [6.45, 7) is 3.40. The van der Waals surface area contributed by atoms with Crippen LogP contribution in [0.4, 0.5) is 4.79 Å². The standard InChI is InChI=1S/C13H22N2O5/c1-8(9-2-4-20-5-3-9)14-13(19)15-7-10(16)6-11(15)12(17)18/h8-11,16H,2-7H2,1H3,(H,14,19)(H,17,18). The number of carboxylic acids is 1. The highest BCUT2D eigenvalue weighted by Crippen LogP contribution is 2.21. The van der Waals surface area contributed by atoms with Crippen LogP contribution in [0.25, 0.3) is 0 Å². The number of β-amino-alcohol motifs (C(OH)–C–C–N with tert-alkyl or cyclic N) is 1. The number of carbonyl (C=O) groups excluding carboxylic acids is 1. The van der Waals surface area contributed by atoms with Crippen LogP contribution in [0.5, 0.6) is 0 Å². The Bertz CT molecular complexity index is 370. The van der Waals surface area contributed by atoms with Crippen molar-refractivity contribution in [3.63, 3.8) is 0 Å². The number of carboxylic acid groups (broad SMARTS) is 1. The van der Waals surface area contributed by atoms with E-state index in [2.05, 4.69) is 5.32 Å². The summed E-state index contributed by atoms with van der Waals surface area (Å²) in [5.41, 5.74) is 0. The normalized spacial score (nSPS) is 29.2. The molecule has 0 bridgehead atoms. The molecule has 2 rings (SSSR count). The lowest BCUT2D eigenvalue weighted by molar-refractivity contribution is -0.141. The number of hydrogen-bond donors (Lipinski definition) is 3. The summed E-state index contributed by atoms with van der Waals surface area (Å²) < 4.78 is 5.28. The smallest absolute Gasteiger partial charge is 0.326 e. The summed E-state index contributed by atoms with van der Waals surface area (Å²) in [7, 11) is 0. The first-order chi connectivity index (χ1) is 9.49. The maximum Gasteiger partial charge on any atom is 0.326 e. The minimum Gasteiger partial charge on any atom is -0.480 e. The summed E-state index contributed by atoms with van der Waals surface area (Å²) in [4.78, 5) is 24.5. The Morgan fingerprint density at radius 2 is 2.00 bits per heavy atom. The van der Waals surface area contributed by atoms with E-state index in [1.807, 2.05) is 6.92 Å². The van der Waals surface area contributed by atoms with Crippen LogP contribution in [0.2, 0.25) is 0 Å². The molecule has 0 saturated carbocycles. The largest absolute Gasteiger partial charge is 0.480 e. The lowest BCUT2D eigenvalue weighted by Gasteiger charge is -2.30. The van der Waals surface area contributed by atoms with Gasteiger partial charge in [-0.3, -0.25) is 0 Å². The third kappa shape index (κ3) is 3.40. The van der Waals surface area contributed by atoms with E-state index in [0.717, 1.165) is 12.8 Å². The molecule has 0 aliphatic carbocycles. The van der Waals surface area contributed by atoms with Crippen molar-refractivity contribution in [2.45, 2.75) is 44.4 Å². The number of aliphatic hydroxyl groups is 1. The molecule has 0 radical (unpaired) electrons. The van der Waals surface area contributed by atoms with Crippen LogP contribution in [0.15, 0.2) is 0 Å². The first-order valence-corrected chi connectivity index (χ1v) is 7.04. The second-order valence-electron chi connectivity index (χ2n) is 5.58. The van der Waals surface area contributed by atoms with Crippen LogP contribution < -0.4 is 5.32 Å². The summed E-state index contributed by atoms with van der Waals surface area (Å²) in [5.74, 6) is -0.723. The maximum absolute atomic E-state index is 12.2. The fraction of sp³-hybridized carbons (Fsp3) is 0.846. The number of aliphatic carboxylic acids is 1. The molecule has 114 valence electrons. The molecule has 2 fully saturated rings. The SMILES string of the molecule is CC(NC(=O)N1CC(O)CC1C(=O)O)C1CCOCC1. The van der Waals surface area contributed by atoms with E-state index in [0.29, 0.717) is 19.1 Å². The molecule has 7 nitrogen and oxygen atoms in total. The van der Waals surface area contributed by atoms with Gasteiger partial charge in [-0.25, -0.2) is 9.59 Å². The van der Waals surface area contributed by atoms with Crippen molar-refractivity contribution in [1.82, 2.24) is 10.2 Å². The number of aliphatic hydroxyl groups excluding tert-OH is 1. The zero-order valence-electron chi connectivity index (χ0n) is 11.6. The third-order valence-electron chi connectivity index (χ3n) is 4.15. The van der Waals surface area contributed by atoms with Gasteiger partial charge in [0.2, 0.25) is 0 Å². The zero-order valence-corrected chi connectivity index (χ0v) is 11.6. The highest BCUT2D eigenvalue weighted by atomic mass is 16.5. The number of rotatable bonds is 3. The highest BCUT2D eigenvalue weighted by Gasteiger charge is 2.39. The zero-order chi connectivity index (χ0) is 14.7. The van der Waals surface area contributed by atoms with Crippen molar-refractivity contribution < 1.29 is 24.5 Å². The molecular weight excluding hydrogens is 264 g/mol. The number of nitrogens with zero attached hydrogens (tertiary/aromatic N) is 1. The Morgan fingerprint density at radius 1 is 1.35 bits per heavy atom. The van der Waals surface area contributed by atoms with Crippen molar-refractivity contribution in [1.29, 1.82) is 0 Å². The molecule has 20 heavy (non-hydrogen) atoms. The van der Waals surface area contributed by atoms with Gasteiger partial charge >= 0.3 is 12.0 Å². The Kier molecular flexibility index (Phi) is 4.82. The Labute approximate surface area is 117 Å². The van der Waals surface area contributed by atoms with E-state index in [4.69, 9.17) is 9.84 Å². The van der Waals surface area contributed by atoms with Crippen LogP contribution in [-0.4, -0.2) is 65.1 Å². The summed E-state index contributed by atoms with van der Waals surface area (Å²) in [5, 5.41) is 21.5. The van der Waals surface area contributed by atoms with E-state index in [1.54, 1.807) is 0 Å². The minimum absolute atomic E-state index is 0.0291. The summed E-state index contributed by atoms with van der Waals surface area (Å²) in [6, 6.07) is -1.38. The number of carbonyl (C=O) groups is 2. The monoisotopic (exact) mass is 286 g/mol. The molecule has 0 aromatic heterocycles. The highest BCUT2D eigenvalue weighted by molar-refractivity contribution is 5.83. The number of urea groups is 1. The fourth-order valence-corrected chi connectivity index (χ4v) is 2.88. The van der Waals surface area contributed by atoms with Crippen LogP contribution in [-0.2, 0) is 9.53 Å². The van der Waals surface area contributed by atoms with Gasteiger partial charge in [-0.1, -0.05) is 0 Å². The molecule has 2 aliphatic rings. The lowest BCUT2D eigenvalue weighted by atomic mass is 9.93. The molecule has 0 aromatic carbocycles. The second-order valence-corrected chi connectivity index (χ2v) is 5.58. The molecule has 0 aromatic rings.